The molecular formula is C14H28N2. The minimum absolute atomic E-state index is 0.712. The van der Waals surface area contributed by atoms with Crippen molar-refractivity contribution in [2.75, 3.05) is 26.2 Å². The van der Waals surface area contributed by atoms with Gasteiger partial charge in [-0.3, -0.25) is 4.90 Å². The summed E-state index contributed by atoms with van der Waals surface area (Å²) >= 11 is 0. The summed E-state index contributed by atoms with van der Waals surface area (Å²) < 4.78 is 0. The van der Waals surface area contributed by atoms with E-state index in [0.717, 1.165) is 25.6 Å². The van der Waals surface area contributed by atoms with E-state index < -0.39 is 0 Å². The third-order valence-electron chi connectivity index (χ3n) is 3.38. The molecule has 0 radical (unpaired) electrons. The zero-order valence-electron chi connectivity index (χ0n) is 11.4. The fraction of sp³-hybridized carbons (Fsp3) is 0.857. The minimum Gasteiger partial charge on any atom is -0.316 e. The molecule has 1 atom stereocenters. The van der Waals surface area contributed by atoms with Gasteiger partial charge in [0.05, 0.1) is 0 Å². The van der Waals surface area contributed by atoms with Crippen molar-refractivity contribution in [3.05, 3.63) is 11.6 Å². The molecule has 1 rings (SSSR count). The van der Waals surface area contributed by atoms with Gasteiger partial charge in [0.25, 0.3) is 0 Å². The lowest BCUT2D eigenvalue weighted by Gasteiger charge is -2.31. The number of hydrogen-bond acceptors (Lipinski definition) is 2. The van der Waals surface area contributed by atoms with Crippen LogP contribution in [0.2, 0.25) is 0 Å². The Morgan fingerprint density at radius 2 is 2.12 bits per heavy atom. The maximum Gasteiger partial charge on any atom is 0.0168 e. The fourth-order valence-electron chi connectivity index (χ4n) is 2.07. The Balaban J connectivity index is 2.13. The van der Waals surface area contributed by atoms with Crippen molar-refractivity contribution < 1.29 is 0 Å². The Kier molecular flexibility index (Phi) is 6.07. The molecule has 0 fully saturated rings. The monoisotopic (exact) mass is 224 g/mol. The maximum absolute atomic E-state index is 3.52. The third kappa shape index (κ3) is 5.13. The van der Waals surface area contributed by atoms with Gasteiger partial charge >= 0.3 is 0 Å². The highest BCUT2D eigenvalue weighted by atomic mass is 15.1. The van der Waals surface area contributed by atoms with Gasteiger partial charge in [0, 0.05) is 19.1 Å². The van der Waals surface area contributed by atoms with Crippen LogP contribution in [0.3, 0.4) is 0 Å². The summed E-state index contributed by atoms with van der Waals surface area (Å²) in [6.45, 7) is 13.8. The van der Waals surface area contributed by atoms with Crippen LogP contribution >= 0.6 is 0 Å². The zero-order chi connectivity index (χ0) is 12.0. The molecule has 1 N–H and O–H groups in total. The second-order valence-corrected chi connectivity index (χ2v) is 5.53. The van der Waals surface area contributed by atoms with Gasteiger partial charge in [-0.2, -0.15) is 0 Å². The molecule has 0 saturated carbocycles. The molecule has 1 aliphatic heterocycles. The van der Waals surface area contributed by atoms with Crippen molar-refractivity contribution in [1.29, 1.82) is 0 Å². The van der Waals surface area contributed by atoms with Crippen molar-refractivity contribution in [3.63, 3.8) is 0 Å². The van der Waals surface area contributed by atoms with Crippen molar-refractivity contribution in [3.8, 4) is 0 Å². The van der Waals surface area contributed by atoms with E-state index in [2.05, 4.69) is 44.0 Å². The first-order valence-electron chi connectivity index (χ1n) is 6.70. The largest absolute Gasteiger partial charge is 0.316 e. The summed E-state index contributed by atoms with van der Waals surface area (Å²) in [4.78, 5) is 2.59. The molecular weight excluding hydrogens is 196 g/mol. The lowest BCUT2D eigenvalue weighted by Crippen LogP contribution is -2.38. The third-order valence-corrected chi connectivity index (χ3v) is 3.38. The highest BCUT2D eigenvalue weighted by Gasteiger charge is 2.15. The first-order chi connectivity index (χ1) is 7.59. The van der Waals surface area contributed by atoms with Crippen molar-refractivity contribution in [1.82, 2.24) is 10.2 Å². The smallest absolute Gasteiger partial charge is 0.0168 e. The molecule has 0 aromatic heterocycles. The number of rotatable bonds is 6. The molecule has 0 amide bonds. The average molecular weight is 224 g/mol. The van der Waals surface area contributed by atoms with Gasteiger partial charge in [0.1, 0.15) is 0 Å². The van der Waals surface area contributed by atoms with Gasteiger partial charge in [0.15, 0.2) is 0 Å². The molecule has 0 spiro atoms. The molecule has 0 aromatic carbocycles. The Bertz CT molecular complexity index is 221. The lowest BCUT2D eigenvalue weighted by molar-refractivity contribution is 0.213. The van der Waals surface area contributed by atoms with Crippen LogP contribution < -0.4 is 5.32 Å². The summed E-state index contributed by atoms with van der Waals surface area (Å²) in [5, 5.41) is 3.52. The van der Waals surface area contributed by atoms with Gasteiger partial charge in [0.2, 0.25) is 0 Å². The first-order valence-corrected chi connectivity index (χ1v) is 6.70. The Morgan fingerprint density at radius 1 is 1.38 bits per heavy atom. The van der Waals surface area contributed by atoms with Gasteiger partial charge < -0.3 is 5.32 Å². The Morgan fingerprint density at radius 3 is 2.69 bits per heavy atom. The summed E-state index contributed by atoms with van der Waals surface area (Å²) in [6, 6.07) is 0.712. The Labute approximate surface area is 101 Å². The van der Waals surface area contributed by atoms with E-state index in [1.165, 1.54) is 19.4 Å². The normalized spacial score (nSPS) is 19.9. The van der Waals surface area contributed by atoms with Crippen LogP contribution in [0.5, 0.6) is 0 Å². The van der Waals surface area contributed by atoms with Crippen LogP contribution in [0.25, 0.3) is 0 Å². The van der Waals surface area contributed by atoms with Gasteiger partial charge in [-0.25, -0.2) is 0 Å². The number of nitrogens with zero attached hydrogens (tertiary/aromatic N) is 1. The number of hydrogen-bond donors (Lipinski definition) is 1. The molecule has 1 heterocycles. The van der Waals surface area contributed by atoms with Crippen LogP contribution in [-0.2, 0) is 0 Å². The van der Waals surface area contributed by atoms with Gasteiger partial charge in [-0.05, 0) is 45.7 Å². The molecule has 1 aliphatic rings. The molecule has 0 saturated heterocycles. The standard InChI is InChI=1S/C14H28N2/c1-12(2)11-15-8-5-14(4)16-9-6-13(3)7-10-16/h6,12,14-15H,5,7-11H2,1-4H3. The summed E-state index contributed by atoms with van der Waals surface area (Å²) in [5.41, 5.74) is 1.56. The van der Waals surface area contributed by atoms with Crippen LogP contribution in [0, 0.1) is 5.92 Å². The molecule has 16 heavy (non-hydrogen) atoms. The predicted molar refractivity (Wildman–Crippen MR) is 71.7 cm³/mol. The second-order valence-electron chi connectivity index (χ2n) is 5.53. The van der Waals surface area contributed by atoms with Gasteiger partial charge in [-0.15, -0.1) is 0 Å². The van der Waals surface area contributed by atoms with E-state index in [1.807, 2.05) is 0 Å². The van der Waals surface area contributed by atoms with E-state index in [-0.39, 0.29) is 0 Å². The van der Waals surface area contributed by atoms with E-state index in [1.54, 1.807) is 5.57 Å². The first kappa shape index (κ1) is 13.7. The topological polar surface area (TPSA) is 15.3 Å². The molecule has 0 bridgehead atoms. The van der Waals surface area contributed by atoms with E-state index in [0.29, 0.717) is 6.04 Å². The van der Waals surface area contributed by atoms with E-state index >= 15 is 0 Å². The quantitative estimate of drug-likeness (QED) is 0.551. The predicted octanol–water partition coefficient (Wildman–Crippen LogP) is 2.66. The van der Waals surface area contributed by atoms with Crippen molar-refractivity contribution >= 4 is 0 Å². The SMILES string of the molecule is CC1=CCN(C(C)CCNCC(C)C)CC1. The number of nitrogens with one attached hydrogen (secondary N) is 1. The highest BCUT2D eigenvalue weighted by Crippen LogP contribution is 2.13. The van der Waals surface area contributed by atoms with Crippen molar-refractivity contribution in [2.24, 2.45) is 5.92 Å². The van der Waals surface area contributed by atoms with Crippen LogP contribution in [0.4, 0.5) is 0 Å². The fourth-order valence-corrected chi connectivity index (χ4v) is 2.07. The molecule has 2 heteroatoms. The average Bonchev–Trinajstić information content (AvgIpc) is 2.25. The molecule has 94 valence electrons. The van der Waals surface area contributed by atoms with Crippen LogP contribution in [0.15, 0.2) is 11.6 Å². The minimum atomic E-state index is 0.712. The van der Waals surface area contributed by atoms with Crippen LogP contribution in [-0.4, -0.2) is 37.1 Å². The summed E-state index contributed by atoms with van der Waals surface area (Å²) in [5.74, 6) is 0.760. The second kappa shape index (κ2) is 7.08. The molecule has 0 aliphatic carbocycles. The summed E-state index contributed by atoms with van der Waals surface area (Å²) in [7, 11) is 0. The molecule has 1 unspecified atom stereocenters. The lowest BCUT2D eigenvalue weighted by atomic mass is 10.1. The van der Waals surface area contributed by atoms with Crippen LogP contribution in [0.1, 0.15) is 40.5 Å². The van der Waals surface area contributed by atoms with Crippen molar-refractivity contribution in [2.45, 2.75) is 46.6 Å². The summed E-state index contributed by atoms with van der Waals surface area (Å²) in [6.07, 6.45) is 4.89. The van der Waals surface area contributed by atoms with Gasteiger partial charge in [-0.1, -0.05) is 25.5 Å². The highest BCUT2D eigenvalue weighted by molar-refractivity contribution is 5.04. The molecule has 2 nitrogen and oxygen atoms in total. The zero-order valence-corrected chi connectivity index (χ0v) is 11.4. The maximum atomic E-state index is 3.52. The molecule has 0 aromatic rings. The van der Waals surface area contributed by atoms with E-state index in [9.17, 15) is 0 Å². The van der Waals surface area contributed by atoms with E-state index in [4.69, 9.17) is 0 Å². The Hall–Kier alpha value is -0.340.